The van der Waals surface area contributed by atoms with E-state index in [1.165, 1.54) is 13.2 Å². The van der Waals surface area contributed by atoms with Gasteiger partial charge >= 0.3 is 10.5 Å². The number of amides is 1. The fourth-order valence-corrected chi connectivity index (χ4v) is 2.08. The van der Waals surface area contributed by atoms with Crippen LogP contribution in [0.2, 0.25) is 0 Å². The molecule has 0 saturated heterocycles. The molecule has 0 aliphatic heterocycles. The molecule has 0 saturated carbocycles. The van der Waals surface area contributed by atoms with E-state index in [2.05, 4.69) is 15.0 Å². The molecule has 0 spiro atoms. The van der Waals surface area contributed by atoms with Crippen molar-refractivity contribution in [1.29, 1.82) is 0 Å². The van der Waals surface area contributed by atoms with Crippen LogP contribution >= 0.6 is 12.2 Å². The molecule has 2 N–H and O–H groups in total. The largest absolute Gasteiger partial charge is 0.494 e. The van der Waals surface area contributed by atoms with Gasteiger partial charge in [0.05, 0.1) is 12.5 Å². The third kappa shape index (κ3) is 4.25. The monoisotopic (exact) mass is 343 g/mol. The molecule has 0 fully saturated rings. The van der Waals surface area contributed by atoms with Gasteiger partial charge in [-0.15, -0.1) is 4.36 Å². The summed E-state index contributed by atoms with van der Waals surface area (Å²) in [5.74, 6) is -0.0267. The van der Waals surface area contributed by atoms with E-state index in [9.17, 15) is 13.2 Å². The van der Waals surface area contributed by atoms with Gasteiger partial charge in [-0.2, -0.15) is 8.42 Å². The molecule has 1 aromatic carbocycles. The van der Waals surface area contributed by atoms with E-state index >= 15 is 0 Å². The summed E-state index contributed by atoms with van der Waals surface area (Å²) in [6.45, 7) is 3.39. The Morgan fingerprint density at radius 1 is 1.36 bits per heavy atom. The number of hydrogen-bond donors (Lipinski definition) is 2. The maximum atomic E-state index is 12.3. The molecule has 1 aromatic rings. The standard InChI is InChI=1S/C13H17N3O4S2/c1-13(2,11(17)15-12(21)14-3)8-5-6-10(20-4)9(7-8)16-22(18)19/h5-7H,1-4H3,(H2,14,15,17,21). The molecule has 0 atom stereocenters. The van der Waals surface area contributed by atoms with Gasteiger partial charge in [0.2, 0.25) is 5.91 Å². The Hall–Kier alpha value is -2.00. The van der Waals surface area contributed by atoms with Crippen LogP contribution in [0.3, 0.4) is 0 Å². The lowest BCUT2D eigenvalue weighted by atomic mass is 9.83. The zero-order valence-electron chi connectivity index (χ0n) is 12.6. The average Bonchev–Trinajstić information content (AvgIpc) is 2.46. The van der Waals surface area contributed by atoms with Crippen molar-refractivity contribution in [2.45, 2.75) is 19.3 Å². The van der Waals surface area contributed by atoms with Crippen molar-refractivity contribution in [2.24, 2.45) is 4.36 Å². The van der Waals surface area contributed by atoms with Gasteiger partial charge in [0, 0.05) is 7.05 Å². The number of ether oxygens (including phenoxy) is 1. The molecule has 0 aromatic heterocycles. The highest BCUT2D eigenvalue weighted by molar-refractivity contribution is 7.80. The van der Waals surface area contributed by atoms with Gasteiger partial charge in [-0.1, -0.05) is 6.07 Å². The summed E-state index contributed by atoms with van der Waals surface area (Å²) in [7, 11) is 0.387. The summed E-state index contributed by atoms with van der Waals surface area (Å²) >= 11 is 4.91. The zero-order chi connectivity index (χ0) is 16.9. The predicted octanol–water partition coefficient (Wildman–Crippen LogP) is 1.29. The molecular weight excluding hydrogens is 326 g/mol. The summed E-state index contributed by atoms with van der Waals surface area (Å²) < 4.78 is 30.1. The van der Waals surface area contributed by atoms with E-state index < -0.39 is 15.9 Å². The zero-order valence-corrected chi connectivity index (χ0v) is 14.3. The Kier molecular flexibility index (Phi) is 6.01. The van der Waals surface area contributed by atoms with Gasteiger partial charge in [-0.05, 0) is 43.8 Å². The molecule has 9 heteroatoms. The normalized spacial score (nSPS) is 10.5. The van der Waals surface area contributed by atoms with Gasteiger partial charge in [0.15, 0.2) is 5.11 Å². The summed E-state index contributed by atoms with van der Waals surface area (Å²) in [4.78, 5) is 12.3. The van der Waals surface area contributed by atoms with Crippen molar-refractivity contribution in [3.63, 3.8) is 0 Å². The fraction of sp³-hybridized carbons (Fsp3) is 0.385. The lowest BCUT2D eigenvalue weighted by Gasteiger charge is -2.24. The number of rotatable bonds is 4. The van der Waals surface area contributed by atoms with Crippen LogP contribution in [0.25, 0.3) is 0 Å². The van der Waals surface area contributed by atoms with Crippen LogP contribution in [0, 0.1) is 0 Å². The second-order valence-corrected chi connectivity index (χ2v) is 5.88. The quantitative estimate of drug-likeness (QED) is 0.800. The number of nitrogens with one attached hydrogen (secondary N) is 2. The number of carbonyl (C=O) groups excluding carboxylic acids is 1. The molecule has 120 valence electrons. The second-order valence-electron chi connectivity index (χ2n) is 4.85. The Bertz CT molecular complexity index is 719. The molecular formula is C13H17N3O4S2. The second kappa shape index (κ2) is 7.32. The smallest absolute Gasteiger partial charge is 0.316 e. The van der Waals surface area contributed by atoms with Gasteiger partial charge in [-0.25, -0.2) is 0 Å². The van der Waals surface area contributed by atoms with Crippen molar-refractivity contribution in [2.75, 3.05) is 14.2 Å². The molecule has 7 nitrogen and oxygen atoms in total. The minimum absolute atomic E-state index is 0.130. The Morgan fingerprint density at radius 2 is 2.00 bits per heavy atom. The molecule has 0 heterocycles. The van der Waals surface area contributed by atoms with E-state index in [1.807, 2.05) is 0 Å². The number of thiocarbonyl (C=S) groups is 1. The summed E-state index contributed by atoms with van der Waals surface area (Å²) in [6, 6.07) is 4.73. The summed E-state index contributed by atoms with van der Waals surface area (Å²) in [5.41, 5.74) is -0.235. The van der Waals surface area contributed by atoms with Crippen LogP contribution in [-0.2, 0) is 20.7 Å². The minimum Gasteiger partial charge on any atom is -0.494 e. The molecule has 1 rings (SSSR count). The Morgan fingerprint density at radius 3 is 2.50 bits per heavy atom. The topological polar surface area (TPSA) is 96.9 Å². The van der Waals surface area contributed by atoms with Gasteiger partial charge in [0.25, 0.3) is 0 Å². The minimum atomic E-state index is -2.62. The molecule has 1 amide bonds. The van der Waals surface area contributed by atoms with Crippen molar-refractivity contribution >= 4 is 39.4 Å². The third-order valence-electron chi connectivity index (χ3n) is 3.10. The molecule has 0 radical (unpaired) electrons. The van der Waals surface area contributed by atoms with Crippen LogP contribution in [0.4, 0.5) is 5.69 Å². The first-order chi connectivity index (χ1) is 10.2. The lowest BCUT2D eigenvalue weighted by molar-refractivity contribution is -0.124. The first-order valence-corrected chi connectivity index (χ1v) is 7.69. The molecule has 0 unspecified atom stereocenters. The van der Waals surface area contributed by atoms with Crippen LogP contribution in [0.5, 0.6) is 5.75 Å². The Balaban J connectivity index is 3.28. The number of methoxy groups -OCH3 is 1. The van der Waals surface area contributed by atoms with Crippen LogP contribution < -0.4 is 15.4 Å². The number of hydrogen-bond acceptors (Lipinski definition) is 6. The molecule has 0 aliphatic rings. The van der Waals surface area contributed by atoms with Crippen molar-refractivity contribution in [3.05, 3.63) is 23.8 Å². The van der Waals surface area contributed by atoms with E-state index in [0.29, 0.717) is 11.3 Å². The summed E-state index contributed by atoms with van der Waals surface area (Å²) in [5, 5.41) is 5.42. The molecule has 0 aliphatic carbocycles. The Labute approximate surface area is 135 Å². The van der Waals surface area contributed by atoms with Crippen molar-refractivity contribution in [3.8, 4) is 5.75 Å². The van der Waals surface area contributed by atoms with E-state index in [0.717, 1.165) is 0 Å². The van der Waals surface area contributed by atoms with Gasteiger partial charge in [0.1, 0.15) is 11.4 Å². The fourth-order valence-electron chi connectivity index (χ4n) is 1.68. The molecule has 0 bridgehead atoms. The first-order valence-electron chi connectivity index (χ1n) is 6.25. The van der Waals surface area contributed by atoms with Gasteiger partial charge in [-0.3, -0.25) is 4.79 Å². The van der Waals surface area contributed by atoms with Crippen LogP contribution in [0.15, 0.2) is 22.6 Å². The van der Waals surface area contributed by atoms with Crippen LogP contribution in [0.1, 0.15) is 19.4 Å². The predicted molar refractivity (Wildman–Crippen MR) is 86.8 cm³/mol. The average molecular weight is 343 g/mol. The summed E-state index contributed by atoms with van der Waals surface area (Å²) in [6.07, 6.45) is 0. The lowest BCUT2D eigenvalue weighted by Crippen LogP contribution is -2.46. The highest BCUT2D eigenvalue weighted by atomic mass is 32.2. The maximum absolute atomic E-state index is 12.3. The van der Waals surface area contributed by atoms with Crippen molar-refractivity contribution in [1.82, 2.24) is 10.6 Å². The number of nitrogens with zero attached hydrogens (tertiary/aromatic N) is 1. The number of carbonyl (C=O) groups is 1. The van der Waals surface area contributed by atoms with Crippen LogP contribution in [-0.4, -0.2) is 33.6 Å². The highest BCUT2D eigenvalue weighted by Gasteiger charge is 2.31. The third-order valence-corrected chi connectivity index (χ3v) is 3.75. The number of benzene rings is 1. The van der Waals surface area contributed by atoms with E-state index in [1.54, 1.807) is 33.0 Å². The first kappa shape index (κ1) is 18.1. The van der Waals surface area contributed by atoms with Gasteiger partial charge < -0.3 is 15.4 Å². The SMILES string of the molecule is CNC(=S)NC(=O)C(C)(C)c1ccc(OC)c(N=S(=O)=O)c1. The van der Waals surface area contributed by atoms with E-state index in [-0.39, 0.29) is 16.7 Å². The maximum Gasteiger partial charge on any atom is 0.316 e. The van der Waals surface area contributed by atoms with E-state index in [4.69, 9.17) is 17.0 Å². The molecule has 22 heavy (non-hydrogen) atoms. The highest BCUT2D eigenvalue weighted by Crippen LogP contribution is 2.33. The van der Waals surface area contributed by atoms with Crippen molar-refractivity contribution < 1.29 is 17.9 Å².